The minimum absolute atomic E-state index is 0.110. The van der Waals surface area contributed by atoms with E-state index in [4.69, 9.17) is 0 Å². The van der Waals surface area contributed by atoms with Crippen molar-refractivity contribution in [1.82, 2.24) is 10.2 Å². The third kappa shape index (κ3) is 6.46. The predicted octanol–water partition coefficient (Wildman–Crippen LogP) is 3.85. The molecule has 3 rings (SSSR count). The maximum Gasteiger partial charge on any atom is 0.251 e. The molecule has 2 aromatic carbocycles. The van der Waals surface area contributed by atoms with E-state index < -0.39 is 0 Å². The number of benzene rings is 2. The zero-order valence-corrected chi connectivity index (χ0v) is 17.5. The Bertz CT molecular complexity index is 784. The van der Waals surface area contributed by atoms with Crippen molar-refractivity contribution in [2.24, 2.45) is 0 Å². The van der Waals surface area contributed by atoms with Gasteiger partial charge in [-0.3, -0.25) is 9.59 Å². The van der Waals surface area contributed by atoms with Crippen LogP contribution in [0.4, 0.5) is 5.69 Å². The zero-order valence-electron chi connectivity index (χ0n) is 15.9. The van der Waals surface area contributed by atoms with Crippen LogP contribution in [0.1, 0.15) is 35.2 Å². The Morgan fingerprint density at radius 1 is 0.964 bits per heavy atom. The van der Waals surface area contributed by atoms with E-state index in [1.54, 1.807) is 12.1 Å². The van der Waals surface area contributed by atoms with E-state index in [9.17, 15) is 9.59 Å². The molecular weight excluding hydrogens is 418 g/mol. The third-order valence-corrected chi connectivity index (χ3v) is 5.43. The second kappa shape index (κ2) is 10.4. The molecule has 2 amide bonds. The highest BCUT2D eigenvalue weighted by Crippen LogP contribution is 2.13. The van der Waals surface area contributed by atoms with E-state index in [1.165, 1.54) is 31.5 Å². The summed E-state index contributed by atoms with van der Waals surface area (Å²) >= 11 is 3.34. The zero-order chi connectivity index (χ0) is 19.8. The molecular formula is C22H26BrN3O2. The molecule has 148 valence electrons. The first-order valence-electron chi connectivity index (χ1n) is 9.75. The van der Waals surface area contributed by atoms with E-state index in [-0.39, 0.29) is 18.2 Å². The lowest BCUT2D eigenvalue weighted by Gasteiger charge is -2.14. The molecule has 0 saturated carbocycles. The number of carbonyl (C=O) groups is 2. The standard InChI is InChI=1S/C22H26BrN3O2/c23-19-7-5-18(6-8-19)22(28)24-13-11-21(27)25-20-9-3-17(4-10-20)12-16-26-14-1-2-15-26/h3-10H,1-2,11-16H2,(H,24,28)(H,25,27). The molecule has 0 aromatic heterocycles. The Labute approximate surface area is 174 Å². The maximum absolute atomic E-state index is 12.1. The summed E-state index contributed by atoms with van der Waals surface area (Å²) in [4.78, 5) is 26.6. The van der Waals surface area contributed by atoms with Gasteiger partial charge in [-0.1, -0.05) is 28.1 Å². The normalized spacial score (nSPS) is 14.0. The average molecular weight is 444 g/mol. The lowest BCUT2D eigenvalue weighted by molar-refractivity contribution is -0.116. The lowest BCUT2D eigenvalue weighted by Crippen LogP contribution is -2.27. The van der Waals surface area contributed by atoms with Crippen LogP contribution in [0.3, 0.4) is 0 Å². The van der Waals surface area contributed by atoms with Gasteiger partial charge in [-0.05, 0) is 74.3 Å². The van der Waals surface area contributed by atoms with Gasteiger partial charge in [0.2, 0.25) is 5.91 Å². The summed E-state index contributed by atoms with van der Waals surface area (Å²) in [5, 5.41) is 5.65. The number of amides is 2. The SMILES string of the molecule is O=C(CCNC(=O)c1ccc(Br)cc1)Nc1ccc(CCN2CCCC2)cc1. The van der Waals surface area contributed by atoms with Gasteiger partial charge in [0.05, 0.1) is 0 Å². The molecule has 1 saturated heterocycles. The topological polar surface area (TPSA) is 61.4 Å². The molecule has 0 unspecified atom stereocenters. The van der Waals surface area contributed by atoms with Crippen molar-refractivity contribution in [3.8, 4) is 0 Å². The van der Waals surface area contributed by atoms with E-state index in [2.05, 4.69) is 43.6 Å². The Morgan fingerprint density at radius 2 is 1.64 bits per heavy atom. The minimum atomic E-state index is -0.178. The summed E-state index contributed by atoms with van der Waals surface area (Å²) in [5.74, 6) is -0.288. The molecule has 0 atom stereocenters. The molecule has 1 aliphatic heterocycles. The molecule has 2 aromatic rings. The summed E-state index contributed by atoms with van der Waals surface area (Å²) in [6.07, 6.45) is 3.90. The fourth-order valence-corrected chi connectivity index (χ4v) is 3.53. The first-order chi connectivity index (χ1) is 13.6. The number of likely N-dealkylation sites (tertiary alicyclic amines) is 1. The summed E-state index contributed by atoms with van der Waals surface area (Å²) in [5.41, 5.74) is 2.65. The molecule has 1 fully saturated rings. The number of hydrogen-bond acceptors (Lipinski definition) is 3. The lowest BCUT2D eigenvalue weighted by atomic mass is 10.1. The van der Waals surface area contributed by atoms with Crippen LogP contribution in [0.5, 0.6) is 0 Å². The monoisotopic (exact) mass is 443 g/mol. The average Bonchev–Trinajstić information content (AvgIpc) is 3.21. The van der Waals surface area contributed by atoms with Gasteiger partial charge in [0.1, 0.15) is 0 Å². The van der Waals surface area contributed by atoms with Crippen LogP contribution in [0.15, 0.2) is 53.0 Å². The van der Waals surface area contributed by atoms with Crippen LogP contribution in [0, 0.1) is 0 Å². The Morgan fingerprint density at radius 3 is 2.32 bits per heavy atom. The van der Waals surface area contributed by atoms with Crippen molar-refractivity contribution in [3.05, 3.63) is 64.1 Å². The van der Waals surface area contributed by atoms with Crippen LogP contribution >= 0.6 is 15.9 Å². The van der Waals surface area contributed by atoms with Crippen LogP contribution in [-0.4, -0.2) is 42.9 Å². The maximum atomic E-state index is 12.1. The second-order valence-electron chi connectivity index (χ2n) is 7.06. The molecule has 0 radical (unpaired) electrons. The number of nitrogens with zero attached hydrogens (tertiary/aromatic N) is 1. The fraction of sp³-hybridized carbons (Fsp3) is 0.364. The van der Waals surface area contributed by atoms with Crippen molar-refractivity contribution < 1.29 is 9.59 Å². The molecule has 1 aliphatic rings. The van der Waals surface area contributed by atoms with Crippen LogP contribution in [0.2, 0.25) is 0 Å². The summed E-state index contributed by atoms with van der Waals surface area (Å²) in [6.45, 7) is 3.83. The number of anilines is 1. The molecule has 0 spiro atoms. The van der Waals surface area contributed by atoms with Crippen LogP contribution < -0.4 is 10.6 Å². The smallest absolute Gasteiger partial charge is 0.251 e. The predicted molar refractivity (Wildman–Crippen MR) is 116 cm³/mol. The highest BCUT2D eigenvalue weighted by molar-refractivity contribution is 9.10. The Hall–Kier alpha value is -2.18. The Balaban J connectivity index is 1.37. The van der Waals surface area contributed by atoms with Crippen molar-refractivity contribution in [1.29, 1.82) is 0 Å². The van der Waals surface area contributed by atoms with E-state index in [0.717, 1.165) is 23.1 Å². The van der Waals surface area contributed by atoms with Crippen molar-refractivity contribution in [2.75, 3.05) is 31.5 Å². The van der Waals surface area contributed by atoms with Crippen molar-refractivity contribution in [2.45, 2.75) is 25.7 Å². The molecule has 1 heterocycles. The highest BCUT2D eigenvalue weighted by atomic mass is 79.9. The van der Waals surface area contributed by atoms with Crippen molar-refractivity contribution >= 4 is 33.4 Å². The van der Waals surface area contributed by atoms with Gasteiger partial charge < -0.3 is 15.5 Å². The summed E-state index contributed by atoms with van der Waals surface area (Å²) in [7, 11) is 0. The second-order valence-corrected chi connectivity index (χ2v) is 7.97. The summed E-state index contributed by atoms with van der Waals surface area (Å²) in [6, 6.07) is 15.1. The largest absolute Gasteiger partial charge is 0.352 e. The molecule has 28 heavy (non-hydrogen) atoms. The number of nitrogens with one attached hydrogen (secondary N) is 2. The van der Waals surface area contributed by atoms with Gasteiger partial charge in [0.15, 0.2) is 0 Å². The number of carbonyl (C=O) groups excluding carboxylic acids is 2. The van der Waals surface area contributed by atoms with Gasteiger partial charge in [-0.15, -0.1) is 0 Å². The third-order valence-electron chi connectivity index (χ3n) is 4.90. The van der Waals surface area contributed by atoms with Gasteiger partial charge >= 0.3 is 0 Å². The van der Waals surface area contributed by atoms with Gasteiger partial charge in [-0.25, -0.2) is 0 Å². The Kier molecular flexibility index (Phi) is 7.62. The molecule has 0 aliphatic carbocycles. The van der Waals surface area contributed by atoms with Gasteiger partial charge in [0, 0.05) is 35.2 Å². The van der Waals surface area contributed by atoms with Crippen LogP contribution in [-0.2, 0) is 11.2 Å². The fourth-order valence-electron chi connectivity index (χ4n) is 3.26. The van der Waals surface area contributed by atoms with Gasteiger partial charge in [-0.2, -0.15) is 0 Å². The number of rotatable bonds is 8. The molecule has 5 nitrogen and oxygen atoms in total. The minimum Gasteiger partial charge on any atom is -0.352 e. The molecule has 6 heteroatoms. The first kappa shape index (κ1) is 20.6. The molecule has 0 bridgehead atoms. The first-order valence-corrected chi connectivity index (χ1v) is 10.5. The van der Waals surface area contributed by atoms with E-state index in [0.29, 0.717) is 12.1 Å². The summed E-state index contributed by atoms with van der Waals surface area (Å²) < 4.78 is 0.922. The molecule has 2 N–H and O–H groups in total. The van der Waals surface area contributed by atoms with E-state index >= 15 is 0 Å². The highest BCUT2D eigenvalue weighted by Gasteiger charge is 2.11. The van der Waals surface area contributed by atoms with Gasteiger partial charge in [0.25, 0.3) is 5.91 Å². The van der Waals surface area contributed by atoms with Crippen LogP contribution in [0.25, 0.3) is 0 Å². The van der Waals surface area contributed by atoms with Crippen molar-refractivity contribution in [3.63, 3.8) is 0 Å². The quantitative estimate of drug-likeness (QED) is 0.651. The number of halogens is 1. The van der Waals surface area contributed by atoms with E-state index in [1.807, 2.05) is 24.3 Å². The number of hydrogen-bond donors (Lipinski definition) is 2.